The molecular weight excluding hydrogens is 539 g/mol. The van der Waals surface area contributed by atoms with Gasteiger partial charge in [-0.2, -0.15) is 0 Å². The smallest absolute Gasteiger partial charge is 0.249 e. The number of carbonyl (C=O) groups excluding carboxylic acids is 1. The number of hydrogen-bond acceptors (Lipinski definition) is 7. The molecule has 1 unspecified atom stereocenters. The molecule has 39 heavy (non-hydrogen) atoms. The third-order valence-corrected chi connectivity index (χ3v) is 7.63. The molecule has 1 aliphatic rings. The van der Waals surface area contributed by atoms with Gasteiger partial charge in [-0.25, -0.2) is 18.7 Å². The van der Waals surface area contributed by atoms with E-state index in [-0.39, 0.29) is 25.2 Å². The minimum atomic E-state index is -1.55. The first-order valence-corrected chi connectivity index (χ1v) is 12.8. The number of hydroxylamine groups is 1. The summed E-state index contributed by atoms with van der Waals surface area (Å²) in [4.78, 5) is 19.1. The monoisotopic (exact) mass is 567 g/mol. The Morgan fingerprint density at radius 2 is 1.87 bits per heavy atom. The summed E-state index contributed by atoms with van der Waals surface area (Å²) in [6.45, 7) is 1.46. The van der Waals surface area contributed by atoms with Crippen molar-refractivity contribution in [3.8, 4) is 11.5 Å². The van der Waals surface area contributed by atoms with E-state index in [1.54, 1.807) is 23.7 Å². The number of aromatic nitrogens is 1. The molecule has 3 aromatic rings. The van der Waals surface area contributed by atoms with Gasteiger partial charge in [-0.1, -0.05) is 11.6 Å². The van der Waals surface area contributed by atoms with E-state index in [0.29, 0.717) is 59.7 Å². The Morgan fingerprint density at radius 1 is 1.18 bits per heavy atom. The lowest BCUT2D eigenvalue weighted by atomic mass is 9.73. The minimum absolute atomic E-state index is 0.0967. The van der Waals surface area contributed by atoms with Gasteiger partial charge in [0.25, 0.3) is 0 Å². The number of nitrogens with zero attached hydrogens (tertiary/aromatic N) is 2. The van der Waals surface area contributed by atoms with Crippen molar-refractivity contribution in [2.45, 2.75) is 31.8 Å². The number of methoxy groups -OCH3 is 1. The van der Waals surface area contributed by atoms with Gasteiger partial charge in [-0.3, -0.25) is 19.9 Å². The molecule has 0 spiro atoms. The summed E-state index contributed by atoms with van der Waals surface area (Å²) in [6.07, 6.45) is 1.74. The van der Waals surface area contributed by atoms with Gasteiger partial charge in [-0.05, 0) is 57.0 Å². The van der Waals surface area contributed by atoms with Crippen LogP contribution in [0, 0.1) is 22.9 Å². The molecule has 4 rings (SSSR count). The predicted molar refractivity (Wildman–Crippen MR) is 137 cm³/mol. The van der Waals surface area contributed by atoms with Crippen LogP contribution in [-0.4, -0.2) is 59.5 Å². The number of nitrogens with one attached hydrogen (secondary N) is 1. The van der Waals surface area contributed by atoms with E-state index >= 15 is 0 Å². The van der Waals surface area contributed by atoms with Crippen molar-refractivity contribution in [1.29, 1.82) is 0 Å². The number of fused-ring (bicyclic) bond motifs is 1. The van der Waals surface area contributed by atoms with Crippen molar-refractivity contribution >= 4 is 28.4 Å². The molecule has 1 amide bonds. The van der Waals surface area contributed by atoms with Crippen molar-refractivity contribution in [2.75, 3.05) is 33.4 Å². The van der Waals surface area contributed by atoms with Gasteiger partial charge in [0.1, 0.15) is 18.1 Å². The fraction of sp³-hybridized carbons (Fsp3) is 0.407. The molecule has 12 heteroatoms. The number of benzene rings is 2. The molecule has 1 aliphatic heterocycles. The van der Waals surface area contributed by atoms with Crippen LogP contribution >= 0.6 is 11.6 Å². The van der Waals surface area contributed by atoms with Crippen molar-refractivity contribution in [1.82, 2.24) is 15.4 Å². The van der Waals surface area contributed by atoms with Crippen LogP contribution in [-0.2, 0) is 4.79 Å². The van der Waals surface area contributed by atoms with Gasteiger partial charge in [-0.15, -0.1) is 0 Å². The Morgan fingerprint density at radius 3 is 2.51 bits per heavy atom. The average molecular weight is 568 g/mol. The van der Waals surface area contributed by atoms with Crippen molar-refractivity contribution in [3.63, 3.8) is 0 Å². The third kappa shape index (κ3) is 6.38. The van der Waals surface area contributed by atoms with Crippen LogP contribution in [0.25, 0.3) is 10.9 Å². The largest absolute Gasteiger partial charge is 0.497 e. The van der Waals surface area contributed by atoms with Crippen LogP contribution in [0.4, 0.5) is 13.2 Å². The van der Waals surface area contributed by atoms with Crippen LogP contribution in [0.15, 0.2) is 36.5 Å². The third-order valence-electron chi connectivity index (χ3n) is 7.33. The molecule has 1 fully saturated rings. The zero-order chi connectivity index (χ0) is 28.2. The van der Waals surface area contributed by atoms with Crippen LogP contribution in [0.5, 0.6) is 11.5 Å². The van der Waals surface area contributed by atoms with Gasteiger partial charge in [0.15, 0.2) is 17.5 Å². The van der Waals surface area contributed by atoms with Gasteiger partial charge in [0.2, 0.25) is 5.91 Å². The lowest BCUT2D eigenvalue weighted by Crippen LogP contribution is -2.49. The number of rotatable bonds is 10. The molecular formula is C27H29ClF3N3O5. The summed E-state index contributed by atoms with van der Waals surface area (Å²) in [6, 6.07) is 6.84. The van der Waals surface area contributed by atoms with Crippen molar-refractivity contribution in [3.05, 3.63) is 64.6 Å². The fourth-order valence-corrected chi connectivity index (χ4v) is 5.29. The van der Waals surface area contributed by atoms with Crippen LogP contribution in [0.3, 0.4) is 0 Å². The number of aliphatic hydroxyl groups is 1. The van der Waals surface area contributed by atoms with Crippen LogP contribution < -0.4 is 15.0 Å². The van der Waals surface area contributed by atoms with E-state index in [4.69, 9.17) is 21.1 Å². The number of pyridine rings is 1. The highest BCUT2D eigenvalue weighted by Gasteiger charge is 2.41. The van der Waals surface area contributed by atoms with E-state index in [1.807, 2.05) is 4.90 Å². The lowest BCUT2D eigenvalue weighted by Gasteiger charge is -2.40. The zero-order valence-electron chi connectivity index (χ0n) is 21.2. The Balaban J connectivity index is 1.39. The summed E-state index contributed by atoms with van der Waals surface area (Å²) < 4.78 is 50.6. The summed E-state index contributed by atoms with van der Waals surface area (Å²) in [5, 5.41) is 21.5. The quantitative estimate of drug-likeness (QED) is 0.184. The van der Waals surface area contributed by atoms with Gasteiger partial charge < -0.3 is 14.6 Å². The Labute approximate surface area is 228 Å². The molecule has 8 nitrogen and oxygen atoms in total. The normalized spacial score (nSPS) is 16.2. The number of ether oxygens (including phenoxy) is 2. The summed E-state index contributed by atoms with van der Waals surface area (Å²) in [7, 11) is 1.54. The van der Waals surface area contributed by atoms with E-state index in [1.165, 1.54) is 13.3 Å². The molecule has 1 atom stereocenters. The van der Waals surface area contributed by atoms with E-state index in [0.717, 1.165) is 12.1 Å². The number of piperidine rings is 1. The van der Waals surface area contributed by atoms with E-state index in [9.17, 15) is 28.3 Å². The number of amides is 1. The molecule has 3 N–H and O–H groups in total. The topological polar surface area (TPSA) is 104 Å². The molecule has 0 radical (unpaired) electrons. The molecule has 1 saturated heterocycles. The summed E-state index contributed by atoms with van der Waals surface area (Å²) in [5.74, 6) is -4.28. The molecule has 1 aromatic heterocycles. The predicted octanol–water partition coefficient (Wildman–Crippen LogP) is 4.79. The number of likely N-dealkylation sites (tertiary alicyclic amines) is 1. The Hall–Kier alpha value is -3.12. The second-order valence-electron chi connectivity index (χ2n) is 9.57. The first-order chi connectivity index (χ1) is 18.7. The van der Waals surface area contributed by atoms with Gasteiger partial charge >= 0.3 is 0 Å². The summed E-state index contributed by atoms with van der Waals surface area (Å²) >= 11 is 6.42. The van der Waals surface area contributed by atoms with Gasteiger partial charge in [0.05, 0.1) is 29.2 Å². The molecule has 2 heterocycles. The highest BCUT2D eigenvalue weighted by molar-refractivity contribution is 6.32. The second kappa shape index (κ2) is 12.4. The van der Waals surface area contributed by atoms with Crippen molar-refractivity contribution in [2.24, 2.45) is 5.41 Å². The molecule has 210 valence electrons. The number of carbonyl (C=O) groups is 1. The number of aliphatic hydroxyl groups excluding tert-OH is 1. The maximum absolute atomic E-state index is 13.4. The van der Waals surface area contributed by atoms with Gasteiger partial charge in [0, 0.05) is 35.8 Å². The van der Waals surface area contributed by atoms with Crippen LogP contribution in [0.1, 0.15) is 37.4 Å². The van der Waals surface area contributed by atoms with Crippen molar-refractivity contribution < 1.29 is 37.8 Å². The second-order valence-corrected chi connectivity index (χ2v) is 9.98. The maximum atomic E-state index is 13.4. The molecule has 0 saturated carbocycles. The SMILES string of the molecule is COc1ccc2ncc(Cl)c(C(O)CCC3(C(=O)NO)CCN(CCOc4cc(F)c(F)c(F)c4)CC3)c2c1. The van der Waals surface area contributed by atoms with E-state index < -0.39 is 34.9 Å². The highest BCUT2D eigenvalue weighted by atomic mass is 35.5. The Bertz CT molecular complexity index is 1310. The standard InChI is InChI=1S/C27H29ClF3N3O5/c1-38-16-2-3-22-18(12-16)24(19(28)15-32-22)23(35)4-5-27(26(36)33-37)6-8-34(9-7-27)10-11-39-17-13-20(29)25(31)21(30)14-17/h2-3,12-15,23,35,37H,4-11H2,1H3,(H,33,36). The summed E-state index contributed by atoms with van der Waals surface area (Å²) in [5.41, 5.74) is 1.97. The highest BCUT2D eigenvalue weighted by Crippen LogP contribution is 2.41. The maximum Gasteiger partial charge on any atom is 0.249 e. The lowest BCUT2D eigenvalue weighted by molar-refractivity contribution is -0.143. The molecule has 0 bridgehead atoms. The minimum Gasteiger partial charge on any atom is -0.497 e. The zero-order valence-corrected chi connectivity index (χ0v) is 22.0. The molecule has 2 aromatic carbocycles. The fourth-order valence-electron chi connectivity index (χ4n) is 5.01. The number of halogens is 4. The number of hydrogen-bond donors (Lipinski definition) is 3. The Kier molecular flexibility index (Phi) is 9.16. The van der Waals surface area contributed by atoms with E-state index in [2.05, 4.69) is 4.98 Å². The first kappa shape index (κ1) is 28.9. The molecule has 0 aliphatic carbocycles. The first-order valence-electron chi connectivity index (χ1n) is 12.4. The average Bonchev–Trinajstić information content (AvgIpc) is 2.94. The van der Waals surface area contributed by atoms with Crippen LogP contribution in [0.2, 0.25) is 5.02 Å².